The maximum Gasteiger partial charge on any atom is 0.417 e. The zero-order valence-corrected chi connectivity index (χ0v) is 16.9. The van der Waals surface area contributed by atoms with Crippen LogP contribution in [0.25, 0.3) is 0 Å². The van der Waals surface area contributed by atoms with Crippen molar-refractivity contribution in [3.05, 3.63) is 39.9 Å². The first-order chi connectivity index (χ1) is 13.5. The summed E-state index contributed by atoms with van der Waals surface area (Å²) in [6.07, 6.45) is -3.76. The number of nitrogens with one attached hydrogen (secondary N) is 2. The van der Waals surface area contributed by atoms with Crippen LogP contribution in [0.1, 0.15) is 47.1 Å². The van der Waals surface area contributed by atoms with Gasteiger partial charge >= 0.3 is 12.1 Å². The van der Waals surface area contributed by atoms with Gasteiger partial charge in [0.05, 0.1) is 28.3 Å². The lowest BCUT2D eigenvalue weighted by Gasteiger charge is -2.07. The molecular weight excluding hydrogens is 409 g/mol. The zero-order valence-electron chi connectivity index (χ0n) is 16.1. The molecule has 0 unspecified atom stereocenters. The summed E-state index contributed by atoms with van der Waals surface area (Å²) >= 11 is 1.14. The second kappa shape index (κ2) is 9.03. The molecule has 2 aromatic rings. The third-order valence-corrected chi connectivity index (χ3v) is 4.99. The molecule has 0 fully saturated rings. The first kappa shape index (κ1) is 22.3. The Balaban J connectivity index is 2.30. The average Bonchev–Trinajstić information content (AvgIpc) is 2.95. The van der Waals surface area contributed by atoms with Crippen molar-refractivity contribution in [3.63, 3.8) is 0 Å². The summed E-state index contributed by atoms with van der Waals surface area (Å²) in [5, 5.41) is 7.07. The molecule has 2 rings (SSSR count). The van der Waals surface area contributed by atoms with Gasteiger partial charge in [-0.1, -0.05) is 0 Å². The zero-order chi connectivity index (χ0) is 21.8. The number of rotatable bonds is 6. The molecule has 2 heterocycles. The third-order valence-electron chi connectivity index (χ3n) is 3.67. The lowest BCUT2D eigenvalue weighted by atomic mass is 10.1. The number of nitrogens with zero attached hydrogens (tertiary/aromatic N) is 2. The van der Waals surface area contributed by atoms with E-state index in [0.717, 1.165) is 23.5 Å². The van der Waals surface area contributed by atoms with Crippen LogP contribution in [0.4, 0.5) is 24.0 Å². The monoisotopic (exact) mass is 428 g/mol. The summed E-state index contributed by atoms with van der Waals surface area (Å²) < 4.78 is 42.8. The fraction of sp³-hybridized carbons (Fsp3) is 0.333. The summed E-state index contributed by atoms with van der Waals surface area (Å²) in [6, 6.07) is 2.05. The number of hydrazone groups is 1. The highest BCUT2D eigenvalue weighted by Gasteiger charge is 2.30. The molecule has 1 amide bonds. The van der Waals surface area contributed by atoms with Crippen LogP contribution >= 0.6 is 11.3 Å². The fourth-order valence-electron chi connectivity index (χ4n) is 2.38. The van der Waals surface area contributed by atoms with E-state index in [1.54, 1.807) is 20.8 Å². The maximum absolute atomic E-state index is 12.6. The van der Waals surface area contributed by atoms with Crippen molar-refractivity contribution in [1.82, 2.24) is 4.98 Å². The molecule has 0 saturated heterocycles. The average molecular weight is 428 g/mol. The first-order valence-corrected chi connectivity index (χ1v) is 9.28. The number of alkyl halides is 3. The van der Waals surface area contributed by atoms with Gasteiger partial charge in [-0.2, -0.15) is 18.3 Å². The summed E-state index contributed by atoms with van der Waals surface area (Å²) in [5.74, 6) is -0.786. The lowest BCUT2D eigenvalue weighted by molar-refractivity contribution is -0.137. The van der Waals surface area contributed by atoms with E-state index in [0.29, 0.717) is 27.4 Å². The molecule has 0 aliphatic rings. The van der Waals surface area contributed by atoms with Crippen LogP contribution in [-0.2, 0) is 15.7 Å². The van der Waals surface area contributed by atoms with Gasteiger partial charge in [-0.15, -0.1) is 11.3 Å². The van der Waals surface area contributed by atoms with Gasteiger partial charge < -0.3 is 10.1 Å². The molecule has 11 heteroatoms. The quantitative estimate of drug-likeness (QED) is 0.403. The summed E-state index contributed by atoms with van der Waals surface area (Å²) in [4.78, 5) is 28.0. The standard InChI is InChI=1S/C18H19F3N4O3S/c1-5-28-17(27)14-9(2)15(29-16(14)23-11(4)26)10(3)24-25-13-7-6-12(8-22-13)18(19,20)21/h6-8H,5H2,1-4H3,(H,22,25)(H,23,26)/b24-10+. The molecule has 2 N–H and O–H groups in total. The SMILES string of the molecule is CCOC(=O)c1c(NC(C)=O)sc(/C(C)=N/Nc2ccc(C(F)(F)F)cn2)c1C. The molecule has 7 nitrogen and oxygen atoms in total. The van der Waals surface area contributed by atoms with Gasteiger partial charge in [-0.05, 0) is 38.5 Å². The van der Waals surface area contributed by atoms with E-state index in [1.807, 2.05) is 0 Å². The molecule has 0 aliphatic heterocycles. The van der Waals surface area contributed by atoms with Crippen molar-refractivity contribution in [2.24, 2.45) is 5.10 Å². The summed E-state index contributed by atoms with van der Waals surface area (Å²) in [5.41, 5.74) is 2.99. The number of halogens is 3. The third kappa shape index (κ3) is 5.53. The Hall–Kier alpha value is -2.95. The van der Waals surface area contributed by atoms with E-state index in [9.17, 15) is 22.8 Å². The Bertz CT molecular complexity index is 937. The minimum Gasteiger partial charge on any atom is -0.462 e. The second-order valence-electron chi connectivity index (χ2n) is 5.90. The number of ether oxygens (including phenoxy) is 1. The molecule has 0 radical (unpaired) electrons. The smallest absolute Gasteiger partial charge is 0.417 e. The van der Waals surface area contributed by atoms with Gasteiger partial charge in [0.2, 0.25) is 5.91 Å². The molecule has 0 saturated carbocycles. The van der Waals surface area contributed by atoms with E-state index < -0.39 is 17.7 Å². The highest BCUT2D eigenvalue weighted by atomic mass is 32.1. The Morgan fingerprint density at radius 1 is 1.28 bits per heavy atom. The minimum absolute atomic E-state index is 0.124. The first-order valence-electron chi connectivity index (χ1n) is 8.46. The number of amides is 1. The number of hydrogen-bond acceptors (Lipinski definition) is 7. The largest absolute Gasteiger partial charge is 0.462 e. The van der Waals surface area contributed by atoms with Crippen molar-refractivity contribution >= 4 is 39.7 Å². The molecule has 29 heavy (non-hydrogen) atoms. The van der Waals surface area contributed by atoms with Gasteiger partial charge in [0.25, 0.3) is 0 Å². The molecule has 0 atom stereocenters. The van der Waals surface area contributed by atoms with Crippen molar-refractivity contribution in [2.75, 3.05) is 17.3 Å². The molecule has 0 aromatic carbocycles. The Labute approximate surface area is 169 Å². The molecule has 0 bridgehead atoms. The molecule has 0 aliphatic carbocycles. The summed E-state index contributed by atoms with van der Waals surface area (Å²) in [6.45, 7) is 6.52. The number of anilines is 2. The van der Waals surface area contributed by atoms with Crippen molar-refractivity contribution in [2.45, 2.75) is 33.9 Å². The topological polar surface area (TPSA) is 92.7 Å². The number of aromatic nitrogens is 1. The molecular formula is C18H19F3N4O3S. The second-order valence-corrected chi connectivity index (χ2v) is 6.92. The lowest BCUT2D eigenvalue weighted by Crippen LogP contribution is -2.12. The number of carbonyl (C=O) groups is 2. The van der Waals surface area contributed by atoms with Crippen LogP contribution in [0.15, 0.2) is 23.4 Å². The molecule has 156 valence electrons. The predicted octanol–water partition coefficient (Wildman–Crippen LogP) is 4.44. The van der Waals surface area contributed by atoms with Crippen LogP contribution in [-0.4, -0.2) is 29.2 Å². The van der Waals surface area contributed by atoms with E-state index >= 15 is 0 Å². The Kier molecular flexibility index (Phi) is 6.96. The van der Waals surface area contributed by atoms with Crippen LogP contribution in [0.5, 0.6) is 0 Å². The highest BCUT2D eigenvalue weighted by molar-refractivity contribution is 7.18. The molecule has 0 spiro atoms. The number of esters is 1. The van der Waals surface area contributed by atoms with Crippen LogP contribution in [0.2, 0.25) is 0 Å². The highest BCUT2D eigenvalue weighted by Crippen LogP contribution is 2.34. The number of thiophene rings is 1. The van der Waals surface area contributed by atoms with Gasteiger partial charge in [-0.3, -0.25) is 10.2 Å². The van der Waals surface area contributed by atoms with Crippen molar-refractivity contribution < 1.29 is 27.5 Å². The maximum atomic E-state index is 12.6. The Morgan fingerprint density at radius 3 is 2.48 bits per heavy atom. The number of hydrogen-bond donors (Lipinski definition) is 2. The van der Waals surface area contributed by atoms with Crippen LogP contribution < -0.4 is 10.7 Å². The van der Waals surface area contributed by atoms with E-state index in [-0.39, 0.29) is 23.9 Å². The predicted molar refractivity (Wildman–Crippen MR) is 104 cm³/mol. The van der Waals surface area contributed by atoms with Crippen LogP contribution in [0.3, 0.4) is 0 Å². The van der Waals surface area contributed by atoms with Gasteiger partial charge in [0, 0.05) is 13.1 Å². The van der Waals surface area contributed by atoms with Gasteiger partial charge in [-0.25, -0.2) is 9.78 Å². The molecule has 2 aromatic heterocycles. The van der Waals surface area contributed by atoms with E-state index in [2.05, 4.69) is 20.8 Å². The minimum atomic E-state index is -4.47. The fourth-order valence-corrected chi connectivity index (χ4v) is 3.56. The van der Waals surface area contributed by atoms with E-state index in [1.165, 1.54) is 6.92 Å². The van der Waals surface area contributed by atoms with Crippen molar-refractivity contribution in [1.29, 1.82) is 0 Å². The normalized spacial score (nSPS) is 11.9. The van der Waals surface area contributed by atoms with Crippen LogP contribution in [0, 0.1) is 6.92 Å². The number of pyridine rings is 1. The van der Waals surface area contributed by atoms with Gasteiger partial charge in [0.1, 0.15) is 10.8 Å². The summed E-state index contributed by atoms with van der Waals surface area (Å²) in [7, 11) is 0. The van der Waals surface area contributed by atoms with E-state index in [4.69, 9.17) is 4.74 Å². The van der Waals surface area contributed by atoms with Crippen molar-refractivity contribution in [3.8, 4) is 0 Å². The van der Waals surface area contributed by atoms with Gasteiger partial charge in [0.15, 0.2) is 0 Å². The Morgan fingerprint density at radius 2 is 1.97 bits per heavy atom. The number of carbonyl (C=O) groups excluding carboxylic acids is 2.